The first-order chi connectivity index (χ1) is 10.3. The molecule has 2 aromatic rings. The molecule has 0 aliphatic carbocycles. The second-order valence-electron chi connectivity index (χ2n) is 5.40. The van der Waals surface area contributed by atoms with Crippen molar-refractivity contribution in [3.8, 4) is 0 Å². The average Bonchev–Trinajstić information content (AvgIpc) is 3.18. The SMILES string of the molecule is O=C(NCC1CCCN(Cc2cnc[nH]2)C1)c1cscn1. The molecule has 2 aromatic heterocycles. The van der Waals surface area contributed by atoms with E-state index in [9.17, 15) is 4.79 Å². The first-order valence-electron chi connectivity index (χ1n) is 7.17. The molecule has 1 aliphatic heterocycles. The highest BCUT2D eigenvalue weighted by molar-refractivity contribution is 7.07. The number of thiazole rings is 1. The molecule has 6 nitrogen and oxygen atoms in total. The van der Waals surface area contributed by atoms with Gasteiger partial charge in [0.25, 0.3) is 5.91 Å². The second kappa shape index (κ2) is 6.82. The monoisotopic (exact) mass is 305 g/mol. The molecule has 1 unspecified atom stereocenters. The van der Waals surface area contributed by atoms with Gasteiger partial charge in [-0.05, 0) is 25.3 Å². The molecule has 1 saturated heterocycles. The highest BCUT2D eigenvalue weighted by atomic mass is 32.1. The predicted molar refractivity (Wildman–Crippen MR) is 81.0 cm³/mol. The summed E-state index contributed by atoms with van der Waals surface area (Å²) in [6, 6.07) is 0. The number of piperidine rings is 1. The average molecular weight is 305 g/mol. The third-order valence-corrected chi connectivity index (χ3v) is 4.35. The molecule has 0 spiro atoms. The fraction of sp³-hybridized carbons (Fsp3) is 0.500. The van der Waals surface area contributed by atoms with Crippen LogP contribution in [0.25, 0.3) is 0 Å². The summed E-state index contributed by atoms with van der Waals surface area (Å²) < 4.78 is 0. The van der Waals surface area contributed by atoms with E-state index in [4.69, 9.17) is 0 Å². The van der Waals surface area contributed by atoms with Gasteiger partial charge in [0.05, 0.1) is 11.8 Å². The predicted octanol–water partition coefficient (Wildman–Crippen LogP) is 1.51. The first kappa shape index (κ1) is 14.2. The van der Waals surface area contributed by atoms with Gasteiger partial charge in [-0.25, -0.2) is 9.97 Å². The number of carbonyl (C=O) groups excluding carboxylic acids is 1. The van der Waals surface area contributed by atoms with Gasteiger partial charge in [-0.1, -0.05) is 0 Å². The van der Waals surface area contributed by atoms with Crippen LogP contribution in [0.1, 0.15) is 29.0 Å². The fourth-order valence-electron chi connectivity index (χ4n) is 2.73. The maximum Gasteiger partial charge on any atom is 0.270 e. The molecule has 1 amide bonds. The summed E-state index contributed by atoms with van der Waals surface area (Å²) in [6.07, 6.45) is 5.92. The minimum Gasteiger partial charge on any atom is -0.350 e. The topological polar surface area (TPSA) is 73.9 Å². The molecule has 0 aromatic carbocycles. The first-order valence-corrected chi connectivity index (χ1v) is 8.11. The number of aromatic nitrogens is 3. The quantitative estimate of drug-likeness (QED) is 0.878. The largest absolute Gasteiger partial charge is 0.350 e. The van der Waals surface area contributed by atoms with Crippen LogP contribution < -0.4 is 5.32 Å². The van der Waals surface area contributed by atoms with Crippen LogP contribution in [0.3, 0.4) is 0 Å². The highest BCUT2D eigenvalue weighted by Crippen LogP contribution is 2.17. The van der Waals surface area contributed by atoms with Gasteiger partial charge in [0.2, 0.25) is 0 Å². The van der Waals surface area contributed by atoms with Gasteiger partial charge in [-0.3, -0.25) is 9.69 Å². The van der Waals surface area contributed by atoms with Crippen LogP contribution in [-0.4, -0.2) is 45.4 Å². The third kappa shape index (κ3) is 3.89. The number of rotatable bonds is 5. The molecule has 1 atom stereocenters. The van der Waals surface area contributed by atoms with E-state index in [0.717, 1.165) is 38.3 Å². The van der Waals surface area contributed by atoms with Gasteiger partial charge in [-0.15, -0.1) is 11.3 Å². The summed E-state index contributed by atoms with van der Waals surface area (Å²) >= 11 is 1.44. The number of hydrogen-bond acceptors (Lipinski definition) is 5. The Hall–Kier alpha value is -1.73. The molecule has 0 saturated carbocycles. The normalized spacial score (nSPS) is 19.5. The van der Waals surface area contributed by atoms with Crippen LogP contribution >= 0.6 is 11.3 Å². The summed E-state index contributed by atoms with van der Waals surface area (Å²) in [5.74, 6) is 0.436. The zero-order valence-electron chi connectivity index (χ0n) is 11.8. The summed E-state index contributed by atoms with van der Waals surface area (Å²) in [6.45, 7) is 3.73. The Kier molecular flexibility index (Phi) is 4.62. The summed E-state index contributed by atoms with van der Waals surface area (Å²) in [4.78, 5) is 25.5. The Bertz CT molecular complexity index is 554. The van der Waals surface area contributed by atoms with Crippen LogP contribution in [0.5, 0.6) is 0 Å². The lowest BCUT2D eigenvalue weighted by Crippen LogP contribution is -2.40. The molecule has 3 heterocycles. The van der Waals surface area contributed by atoms with Crippen molar-refractivity contribution in [3.05, 3.63) is 34.8 Å². The minimum absolute atomic E-state index is 0.0676. The maximum atomic E-state index is 11.9. The molecule has 21 heavy (non-hydrogen) atoms. The van der Waals surface area contributed by atoms with E-state index in [-0.39, 0.29) is 5.91 Å². The maximum absolute atomic E-state index is 11.9. The molecule has 2 N–H and O–H groups in total. The van der Waals surface area contributed by atoms with Crippen LogP contribution in [-0.2, 0) is 6.54 Å². The number of likely N-dealkylation sites (tertiary alicyclic amines) is 1. The lowest BCUT2D eigenvalue weighted by Gasteiger charge is -2.32. The van der Waals surface area contributed by atoms with Crippen LogP contribution in [0.15, 0.2) is 23.4 Å². The lowest BCUT2D eigenvalue weighted by atomic mass is 9.98. The Morgan fingerprint density at radius 1 is 1.57 bits per heavy atom. The van der Waals surface area contributed by atoms with Crippen LogP contribution in [0.2, 0.25) is 0 Å². The number of H-pyrrole nitrogens is 1. The lowest BCUT2D eigenvalue weighted by molar-refractivity contribution is 0.0926. The van der Waals surface area contributed by atoms with E-state index in [2.05, 4.69) is 25.2 Å². The Morgan fingerprint density at radius 2 is 2.52 bits per heavy atom. The van der Waals surface area contributed by atoms with Crippen molar-refractivity contribution in [3.63, 3.8) is 0 Å². The molecule has 7 heteroatoms. The Balaban J connectivity index is 1.46. The summed E-state index contributed by atoms with van der Waals surface area (Å²) in [5, 5.41) is 4.77. The zero-order chi connectivity index (χ0) is 14.5. The molecule has 0 radical (unpaired) electrons. The number of amides is 1. The van der Waals surface area contributed by atoms with Gasteiger partial charge in [0.1, 0.15) is 5.69 Å². The highest BCUT2D eigenvalue weighted by Gasteiger charge is 2.21. The van der Waals surface area contributed by atoms with Crippen molar-refractivity contribution < 1.29 is 4.79 Å². The number of nitrogens with one attached hydrogen (secondary N) is 2. The van der Waals surface area contributed by atoms with Crippen molar-refractivity contribution in [1.29, 1.82) is 0 Å². The smallest absolute Gasteiger partial charge is 0.270 e. The van der Waals surface area contributed by atoms with E-state index >= 15 is 0 Å². The number of imidazole rings is 1. The third-order valence-electron chi connectivity index (χ3n) is 3.77. The number of nitrogens with zero attached hydrogens (tertiary/aromatic N) is 3. The Labute approximate surface area is 127 Å². The van der Waals surface area contributed by atoms with Gasteiger partial charge >= 0.3 is 0 Å². The number of aromatic amines is 1. The number of carbonyl (C=O) groups is 1. The second-order valence-corrected chi connectivity index (χ2v) is 6.12. The van der Waals surface area contributed by atoms with Crippen molar-refractivity contribution in [2.45, 2.75) is 19.4 Å². The number of hydrogen-bond donors (Lipinski definition) is 2. The van der Waals surface area contributed by atoms with Crippen molar-refractivity contribution in [2.75, 3.05) is 19.6 Å². The van der Waals surface area contributed by atoms with Crippen LogP contribution in [0, 0.1) is 5.92 Å². The molecular weight excluding hydrogens is 286 g/mol. The Morgan fingerprint density at radius 3 is 3.29 bits per heavy atom. The molecule has 1 aliphatic rings. The van der Waals surface area contributed by atoms with E-state index < -0.39 is 0 Å². The van der Waals surface area contributed by atoms with E-state index in [1.54, 1.807) is 17.2 Å². The minimum atomic E-state index is -0.0676. The summed E-state index contributed by atoms with van der Waals surface area (Å²) in [5.41, 5.74) is 3.34. The fourth-order valence-corrected chi connectivity index (χ4v) is 3.26. The van der Waals surface area contributed by atoms with Crippen molar-refractivity contribution >= 4 is 17.2 Å². The van der Waals surface area contributed by atoms with Gasteiger partial charge < -0.3 is 10.3 Å². The molecule has 1 fully saturated rings. The molecular formula is C14H19N5OS. The van der Waals surface area contributed by atoms with Gasteiger partial charge in [0.15, 0.2) is 0 Å². The summed E-state index contributed by atoms with van der Waals surface area (Å²) in [7, 11) is 0. The van der Waals surface area contributed by atoms with Crippen molar-refractivity contribution in [1.82, 2.24) is 25.2 Å². The zero-order valence-corrected chi connectivity index (χ0v) is 12.6. The standard InChI is InChI=1S/C14H19N5OS/c20-14(13-8-21-10-18-13)16-4-11-2-1-3-19(6-11)7-12-5-15-9-17-12/h5,8-11H,1-4,6-7H2,(H,15,17)(H,16,20). The van der Waals surface area contributed by atoms with Crippen molar-refractivity contribution in [2.24, 2.45) is 5.92 Å². The molecule has 112 valence electrons. The van der Waals surface area contributed by atoms with E-state index in [0.29, 0.717) is 11.6 Å². The van der Waals surface area contributed by atoms with E-state index in [1.165, 1.54) is 17.8 Å². The van der Waals surface area contributed by atoms with Gasteiger partial charge in [0, 0.05) is 36.9 Å². The van der Waals surface area contributed by atoms with Crippen LogP contribution in [0.4, 0.5) is 0 Å². The van der Waals surface area contributed by atoms with E-state index in [1.807, 2.05) is 6.20 Å². The molecule has 3 rings (SSSR count). The van der Waals surface area contributed by atoms with Gasteiger partial charge in [-0.2, -0.15) is 0 Å². The molecule has 0 bridgehead atoms.